The van der Waals surface area contributed by atoms with Crippen molar-refractivity contribution in [1.82, 2.24) is 9.88 Å². The van der Waals surface area contributed by atoms with Crippen molar-refractivity contribution in [3.63, 3.8) is 0 Å². The zero-order valence-electron chi connectivity index (χ0n) is 19.7. The number of pyridine rings is 1. The van der Waals surface area contributed by atoms with Crippen molar-refractivity contribution in [2.45, 2.75) is 0 Å². The number of hydrogen-bond donors (Lipinski definition) is 1. The molecule has 0 saturated carbocycles. The highest BCUT2D eigenvalue weighted by Crippen LogP contribution is 2.25. The number of nitrogens with zero attached hydrogens (tertiary/aromatic N) is 3. The summed E-state index contributed by atoms with van der Waals surface area (Å²) in [5.41, 5.74) is 4.03. The molecule has 1 aliphatic rings. The second kappa shape index (κ2) is 10.4. The molecular weight excluding hydrogens is 436 g/mol. The van der Waals surface area contributed by atoms with Gasteiger partial charge in [0.1, 0.15) is 17.2 Å². The van der Waals surface area contributed by atoms with Crippen LogP contribution in [0.1, 0.15) is 10.5 Å². The number of carbonyl (C=O) groups is 1. The second-order valence-electron chi connectivity index (χ2n) is 8.64. The summed E-state index contributed by atoms with van der Waals surface area (Å²) in [4.78, 5) is 22.2. The average molecular weight is 465 g/mol. The lowest BCUT2D eigenvalue weighted by atomic mass is 10.1. The summed E-state index contributed by atoms with van der Waals surface area (Å²) >= 11 is 0. The summed E-state index contributed by atoms with van der Waals surface area (Å²) in [5, 5.41) is 2.92. The molecule has 35 heavy (non-hydrogen) atoms. The Balaban J connectivity index is 1.23. The van der Waals surface area contributed by atoms with E-state index >= 15 is 0 Å². The van der Waals surface area contributed by atoms with E-state index in [-0.39, 0.29) is 5.91 Å². The molecule has 0 spiro atoms. The fraction of sp³-hybridized carbons (Fsp3) is 0.172. The van der Waals surface area contributed by atoms with Crippen molar-refractivity contribution < 1.29 is 9.53 Å². The summed E-state index contributed by atoms with van der Waals surface area (Å²) in [5.74, 6) is 1.22. The number of para-hydroxylation sites is 1. The summed E-state index contributed by atoms with van der Waals surface area (Å²) in [6, 6.07) is 30.8. The molecule has 0 radical (unpaired) electrons. The first-order valence-corrected chi connectivity index (χ1v) is 11.8. The molecule has 1 aromatic heterocycles. The summed E-state index contributed by atoms with van der Waals surface area (Å²) in [6.45, 7) is 4.21. The molecule has 1 fully saturated rings. The standard InChI is InChI=1S/C29H28N4O2/c1-32-18-20-33(21-19-32)24-14-10-22(11-15-24)27-8-5-9-28(31-27)29(34)30-23-12-16-26(17-13-23)35-25-6-3-2-4-7-25/h2-17H,18-21H2,1H3,(H,30,34). The third-order valence-corrected chi connectivity index (χ3v) is 6.10. The monoisotopic (exact) mass is 464 g/mol. The maximum absolute atomic E-state index is 12.8. The summed E-state index contributed by atoms with van der Waals surface area (Å²) in [6.07, 6.45) is 0. The predicted molar refractivity (Wildman–Crippen MR) is 140 cm³/mol. The zero-order valence-corrected chi connectivity index (χ0v) is 19.7. The number of anilines is 2. The molecule has 1 N–H and O–H groups in total. The third-order valence-electron chi connectivity index (χ3n) is 6.10. The maximum atomic E-state index is 12.8. The van der Waals surface area contributed by atoms with Crippen molar-refractivity contribution in [3.8, 4) is 22.8 Å². The topological polar surface area (TPSA) is 57.7 Å². The highest BCUT2D eigenvalue weighted by Gasteiger charge is 2.15. The Morgan fingerprint density at radius 1 is 0.771 bits per heavy atom. The number of nitrogens with one attached hydrogen (secondary N) is 1. The second-order valence-corrected chi connectivity index (χ2v) is 8.64. The number of carbonyl (C=O) groups excluding carboxylic acids is 1. The minimum Gasteiger partial charge on any atom is -0.457 e. The van der Waals surface area contributed by atoms with Crippen molar-refractivity contribution in [2.24, 2.45) is 0 Å². The Hall–Kier alpha value is -4.16. The van der Waals surface area contributed by atoms with Gasteiger partial charge >= 0.3 is 0 Å². The van der Waals surface area contributed by atoms with Crippen molar-refractivity contribution in [3.05, 3.63) is 103 Å². The third kappa shape index (κ3) is 5.67. The van der Waals surface area contributed by atoms with E-state index in [1.807, 2.05) is 66.7 Å². The van der Waals surface area contributed by atoms with Crippen molar-refractivity contribution in [1.29, 1.82) is 0 Å². The van der Waals surface area contributed by atoms with Gasteiger partial charge < -0.3 is 19.9 Å². The molecule has 1 aliphatic heterocycles. The van der Waals surface area contributed by atoms with Gasteiger partial charge in [0, 0.05) is 43.1 Å². The number of aromatic nitrogens is 1. The van der Waals surface area contributed by atoms with Crippen LogP contribution in [0.2, 0.25) is 0 Å². The number of amides is 1. The minimum atomic E-state index is -0.252. The molecule has 0 aliphatic carbocycles. The lowest BCUT2D eigenvalue weighted by molar-refractivity contribution is 0.102. The SMILES string of the molecule is CN1CCN(c2ccc(-c3cccc(C(=O)Nc4ccc(Oc5ccccc5)cc4)n3)cc2)CC1. The number of benzene rings is 3. The first-order chi connectivity index (χ1) is 17.1. The number of hydrogen-bond acceptors (Lipinski definition) is 5. The number of piperazine rings is 1. The minimum absolute atomic E-state index is 0.252. The zero-order chi connectivity index (χ0) is 24.0. The Bertz CT molecular complexity index is 1270. The van der Waals surface area contributed by atoms with Crippen molar-refractivity contribution >= 4 is 17.3 Å². The van der Waals surface area contributed by atoms with E-state index in [1.54, 1.807) is 6.07 Å². The van der Waals surface area contributed by atoms with Gasteiger partial charge in [0.2, 0.25) is 0 Å². The maximum Gasteiger partial charge on any atom is 0.274 e. The van der Waals surface area contributed by atoms with Crippen LogP contribution in [0.15, 0.2) is 97.1 Å². The highest BCUT2D eigenvalue weighted by molar-refractivity contribution is 6.03. The van der Waals surface area contributed by atoms with Gasteiger partial charge in [-0.1, -0.05) is 36.4 Å². The Morgan fingerprint density at radius 2 is 1.46 bits per heavy atom. The van der Waals surface area contributed by atoms with E-state index in [1.165, 1.54) is 5.69 Å². The van der Waals surface area contributed by atoms with Crippen LogP contribution in [-0.4, -0.2) is 49.0 Å². The predicted octanol–water partition coefficient (Wildman–Crippen LogP) is 5.55. The molecule has 0 unspecified atom stereocenters. The first-order valence-electron chi connectivity index (χ1n) is 11.8. The van der Waals surface area contributed by atoms with Gasteiger partial charge in [-0.25, -0.2) is 4.98 Å². The van der Waals surface area contributed by atoms with Crippen LogP contribution in [0.5, 0.6) is 11.5 Å². The molecule has 1 amide bonds. The van der Waals surface area contributed by atoms with E-state index < -0.39 is 0 Å². The van der Waals surface area contributed by atoms with Gasteiger partial charge in [0.15, 0.2) is 0 Å². The Morgan fingerprint density at radius 3 is 2.17 bits per heavy atom. The quantitative estimate of drug-likeness (QED) is 0.406. The van der Waals surface area contributed by atoms with E-state index in [4.69, 9.17) is 4.74 Å². The van der Waals surface area contributed by atoms with Gasteiger partial charge in [-0.15, -0.1) is 0 Å². The van der Waals surface area contributed by atoms with Crippen molar-refractivity contribution in [2.75, 3.05) is 43.4 Å². The van der Waals surface area contributed by atoms with Gasteiger partial charge in [-0.05, 0) is 67.7 Å². The molecule has 5 rings (SSSR count). The molecule has 6 heteroatoms. The molecular formula is C29H28N4O2. The van der Waals surface area contributed by atoms with E-state index in [0.717, 1.165) is 43.2 Å². The molecule has 3 aromatic carbocycles. The molecule has 0 atom stereocenters. The van der Waals surface area contributed by atoms with Crippen LogP contribution >= 0.6 is 0 Å². The molecule has 6 nitrogen and oxygen atoms in total. The van der Waals surface area contributed by atoms with E-state index in [9.17, 15) is 4.79 Å². The van der Waals surface area contributed by atoms with Gasteiger partial charge in [-0.3, -0.25) is 4.79 Å². The number of ether oxygens (including phenoxy) is 1. The smallest absolute Gasteiger partial charge is 0.274 e. The van der Waals surface area contributed by atoms with Crippen LogP contribution in [-0.2, 0) is 0 Å². The van der Waals surface area contributed by atoms with Gasteiger partial charge in [0.25, 0.3) is 5.91 Å². The molecule has 176 valence electrons. The normalized spacial score (nSPS) is 13.9. The molecule has 0 bridgehead atoms. The van der Waals surface area contributed by atoms with Crippen LogP contribution in [0.3, 0.4) is 0 Å². The largest absolute Gasteiger partial charge is 0.457 e. The van der Waals surface area contributed by atoms with E-state index in [2.05, 4.69) is 51.4 Å². The average Bonchev–Trinajstić information content (AvgIpc) is 2.91. The summed E-state index contributed by atoms with van der Waals surface area (Å²) in [7, 11) is 2.16. The molecule has 4 aromatic rings. The van der Waals surface area contributed by atoms with Gasteiger partial charge in [-0.2, -0.15) is 0 Å². The van der Waals surface area contributed by atoms with Crippen LogP contribution in [0.4, 0.5) is 11.4 Å². The Labute approximate surface area is 205 Å². The molecule has 1 saturated heterocycles. The Kier molecular flexibility index (Phi) is 6.73. The molecule has 2 heterocycles. The van der Waals surface area contributed by atoms with E-state index in [0.29, 0.717) is 17.1 Å². The number of likely N-dealkylation sites (N-methyl/N-ethyl adjacent to an activating group) is 1. The summed E-state index contributed by atoms with van der Waals surface area (Å²) < 4.78 is 5.81. The van der Waals surface area contributed by atoms with Crippen LogP contribution in [0.25, 0.3) is 11.3 Å². The lowest BCUT2D eigenvalue weighted by Crippen LogP contribution is -2.44. The highest BCUT2D eigenvalue weighted by atomic mass is 16.5. The lowest BCUT2D eigenvalue weighted by Gasteiger charge is -2.34. The first kappa shape index (κ1) is 22.6. The fourth-order valence-electron chi connectivity index (χ4n) is 4.06. The number of rotatable bonds is 6. The van der Waals surface area contributed by atoms with Crippen LogP contribution in [0, 0.1) is 0 Å². The van der Waals surface area contributed by atoms with Crippen LogP contribution < -0.4 is 15.0 Å². The van der Waals surface area contributed by atoms with Gasteiger partial charge in [0.05, 0.1) is 5.69 Å². The fourth-order valence-corrected chi connectivity index (χ4v) is 4.06.